The molecule has 8 heteroatoms. The smallest absolute Gasteiger partial charge is 0.319 e. The fraction of sp³-hybridized carbons (Fsp3) is 0.429. The van der Waals surface area contributed by atoms with Crippen molar-refractivity contribution in [2.24, 2.45) is 11.8 Å². The van der Waals surface area contributed by atoms with Crippen LogP contribution in [0.2, 0.25) is 0 Å². The van der Waals surface area contributed by atoms with Gasteiger partial charge in [-0.25, -0.2) is 4.79 Å². The van der Waals surface area contributed by atoms with Crippen LogP contribution in [0.4, 0.5) is 16.2 Å². The summed E-state index contributed by atoms with van der Waals surface area (Å²) >= 11 is 0. The van der Waals surface area contributed by atoms with Gasteiger partial charge in [0.05, 0.1) is 30.5 Å². The lowest BCUT2D eigenvalue weighted by molar-refractivity contribution is 0.0931. The molecule has 2 aliphatic heterocycles. The van der Waals surface area contributed by atoms with Crippen molar-refractivity contribution < 1.29 is 14.3 Å². The van der Waals surface area contributed by atoms with Crippen molar-refractivity contribution in [3.05, 3.63) is 95.6 Å². The van der Waals surface area contributed by atoms with Gasteiger partial charge in [0, 0.05) is 31.9 Å². The zero-order chi connectivity index (χ0) is 29.4. The molecule has 3 amide bonds. The van der Waals surface area contributed by atoms with Gasteiger partial charge in [0.15, 0.2) is 0 Å². The molecule has 2 saturated heterocycles. The minimum atomic E-state index is -0.265. The Kier molecular flexibility index (Phi) is 9.55. The van der Waals surface area contributed by atoms with Crippen LogP contribution in [0.3, 0.4) is 0 Å². The van der Waals surface area contributed by atoms with E-state index < -0.39 is 0 Å². The summed E-state index contributed by atoms with van der Waals surface area (Å²) in [5.41, 5.74) is 4.62. The molecule has 6 rings (SSSR count). The second kappa shape index (κ2) is 14.1. The first-order chi connectivity index (χ1) is 21.1. The molecular formula is C35H43N5O3. The Bertz CT molecular complexity index is 1310. The van der Waals surface area contributed by atoms with Gasteiger partial charge in [-0.1, -0.05) is 60.7 Å². The van der Waals surface area contributed by atoms with Crippen molar-refractivity contribution in [3.8, 4) is 0 Å². The van der Waals surface area contributed by atoms with E-state index in [2.05, 4.69) is 86.4 Å². The number of ether oxygens (including phenoxy) is 1. The van der Waals surface area contributed by atoms with Crippen molar-refractivity contribution in [2.45, 2.75) is 31.7 Å². The molecule has 0 radical (unpaired) electrons. The largest absolute Gasteiger partial charge is 0.378 e. The first kappa shape index (κ1) is 29.2. The van der Waals surface area contributed by atoms with E-state index in [1.807, 2.05) is 18.2 Å². The average molecular weight is 582 g/mol. The molecule has 0 spiro atoms. The van der Waals surface area contributed by atoms with Crippen molar-refractivity contribution in [2.75, 3.05) is 62.7 Å². The van der Waals surface area contributed by atoms with Gasteiger partial charge in [0.2, 0.25) is 0 Å². The summed E-state index contributed by atoms with van der Waals surface area (Å²) in [5, 5.41) is 9.08. The van der Waals surface area contributed by atoms with Crippen LogP contribution in [0.1, 0.15) is 53.2 Å². The molecule has 0 unspecified atom stereocenters. The maximum Gasteiger partial charge on any atom is 0.319 e. The lowest BCUT2D eigenvalue weighted by Crippen LogP contribution is -2.41. The molecule has 3 fully saturated rings. The van der Waals surface area contributed by atoms with Gasteiger partial charge in [0.1, 0.15) is 0 Å². The maximum absolute atomic E-state index is 13.6. The molecule has 3 aromatic carbocycles. The molecule has 3 aliphatic rings. The number of nitrogens with one attached hydrogen (secondary N) is 3. The molecule has 2 heterocycles. The van der Waals surface area contributed by atoms with Gasteiger partial charge in [-0.05, 0) is 79.9 Å². The number of hydrogen-bond donors (Lipinski definition) is 3. The minimum Gasteiger partial charge on any atom is -0.378 e. The first-order valence-electron chi connectivity index (χ1n) is 15.8. The average Bonchev–Trinajstić information content (AvgIpc) is 3.90. The molecule has 0 aromatic heterocycles. The zero-order valence-electron chi connectivity index (χ0n) is 24.8. The van der Waals surface area contributed by atoms with Crippen LogP contribution >= 0.6 is 0 Å². The third kappa shape index (κ3) is 7.75. The minimum absolute atomic E-state index is 0.151. The number of carbonyl (C=O) groups is 2. The summed E-state index contributed by atoms with van der Waals surface area (Å²) in [5.74, 6) is 0.828. The number of nitrogens with zero attached hydrogens (tertiary/aromatic N) is 2. The van der Waals surface area contributed by atoms with Crippen molar-refractivity contribution in [1.82, 2.24) is 15.5 Å². The van der Waals surface area contributed by atoms with Crippen molar-refractivity contribution in [1.29, 1.82) is 0 Å². The molecule has 226 valence electrons. The topological polar surface area (TPSA) is 85.9 Å². The van der Waals surface area contributed by atoms with E-state index in [9.17, 15) is 9.59 Å². The fourth-order valence-electron chi connectivity index (χ4n) is 6.21. The highest BCUT2D eigenvalue weighted by Gasteiger charge is 2.28. The van der Waals surface area contributed by atoms with E-state index in [1.54, 1.807) is 0 Å². The second-order valence-electron chi connectivity index (χ2n) is 12.0. The molecule has 43 heavy (non-hydrogen) atoms. The second-order valence-corrected chi connectivity index (χ2v) is 12.0. The van der Waals surface area contributed by atoms with Gasteiger partial charge in [-0.2, -0.15) is 0 Å². The van der Waals surface area contributed by atoms with E-state index in [-0.39, 0.29) is 18.0 Å². The number of rotatable bonds is 10. The van der Waals surface area contributed by atoms with Gasteiger partial charge < -0.3 is 25.6 Å². The lowest BCUT2D eigenvalue weighted by Gasteiger charge is -2.38. The van der Waals surface area contributed by atoms with Crippen LogP contribution in [0.25, 0.3) is 0 Å². The van der Waals surface area contributed by atoms with E-state index in [1.165, 1.54) is 24.0 Å². The highest BCUT2D eigenvalue weighted by molar-refractivity contribution is 6.04. The number of hydrogen-bond acceptors (Lipinski definition) is 5. The first-order valence-corrected chi connectivity index (χ1v) is 15.8. The Balaban J connectivity index is 1.09. The van der Waals surface area contributed by atoms with Crippen LogP contribution in [0.5, 0.6) is 0 Å². The molecule has 0 bridgehead atoms. The fourth-order valence-corrected chi connectivity index (χ4v) is 6.21. The number of morpholine rings is 1. The monoisotopic (exact) mass is 581 g/mol. The Morgan fingerprint density at radius 2 is 1.35 bits per heavy atom. The van der Waals surface area contributed by atoms with E-state index in [0.29, 0.717) is 49.4 Å². The Morgan fingerprint density at radius 1 is 0.744 bits per heavy atom. The molecule has 1 saturated carbocycles. The van der Waals surface area contributed by atoms with E-state index >= 15 is 0 Å². The highest BCUT2D eigenvalue weighted by Crippen LogP contribution is 2.32. The van der Waals surface area contributed by atoms with Crippen molar-refractivity contribution in [3.63, 3.8) is 0 Å². The highest BCUT2D eigenvalue weighted by atomic mass is 16.5. The lowest BCUT2D eigenvalue weighted by atomic mass is 9.91. The van der Waals surface area contributed by atoms with Crippen LogP contribution in [0, 0.1) is 11.8 Å². The summed E-state index contributed by atoms with van der Waals surface area (Å²) < 4.78 is 5.51. The van der Waals surface area contributed by atoms with Crippen LogP contribution in [0.15, 0.2) is 78.9 Å². The number of benzene rings is 3. The quantitative estimate of drug-likeness (QED) is 0.303. The summed E-state index contributed by atoms with van der Waals surface area (Å²) in [6.07, 6.45) is 4.36. The molecule has 1 aliphatic carbocycles. The van der Waals surface area contributed by atoms with Crippen LogP contribution in [-0.4, -0.2) is 69.3 Å². The summed E-state index contributed by atoms with van der Waals surface area (Å²) in [6, 6.07) is 27.1. The third-order valence-corrected chi connectivity index (χ3v) is 8.92. The third-order valence-electron chi connectivity index (χ3n) is 8.92. The summed E-state index contributed by atoms with van der Waals surface area (Å²) in [6.45, 7) is 6.11. The van der Waals surface area contributed by atoms with Crippen LogP contribution in [-0.2, 0) is 4.74 Å². The Morgan fingerprint density at radius 3 is 1.98 bits per heavy atom. The maximum atomic E-state index is 13.6. The summed E-state index contributed by atoms with van der Waals surface area (Å²) in [7, 11) is 0. The van der Waals surface area contributed by atoms with E-state index in [4.69, 9.17) is 4.74 Å². The zero-order valence-corrected chi connectivity index (χ0v) is 24.8. The number of carbonyl (C=O) groups excluding carboxylic acids is 2. The Hall–Kier alpha value is -3.88. The predicted octanol–water partition coefficient (Wildman–Crippen LogP) is 5.29. The number of anilines is 2. The van der Waals surface area contributed by atoms with Gasteiger partial charge in [0.25, 0.3) is 5.91 Å². The molecule has 8 nitrogen and oxygen atoms in total. The number of urea groups is 1. The number of amides is 3. The molecular weight excluding hydrogens is 538 g/mol. The van der Waals surface area contributed by atoms with Gasteiger partial charge in [-0.15, -0.1) is 0 Å². The molecule has 3 N–H and O–H groups in total. The van der Waals surface area contributed by atoms with Crippen LogP contribution < -0.4 is 20.9 Å². The van der Waals surface area contributed by atoms with Gasteiger partial charge in [-0.3, -0.25) is 9.69 Å². The van der Waals surface area contributed by atoms with E-state index in [0.717, 1.165) is 44.7 Å². The summed E-state index contributed by atoms with van der Waals surface area (Å²) in [4.78, 5) is 31.0. The normalized spacial score (nSPS) is 17.9. The number of likely N-dealkylation sites (tertiary alicyclic amines) is 1. The Labute approximate surface area is 254 Å². The molecule has 0 atom stereocenters. The standard InChI is InChI=1S/C35H43N5O3/c41-34(31-23-30(39-19-21-43-22-20-39)13-14-32(31)38-35(42)37-25-26-11-12-26)36-24-27-15-17-40(18-16-27)33(28-7-3-1-4-8-28)29-9-5-2-6-10-29/h1-10,13-14,23,26-27,33H,11-12,15-22,24-25H2,(H,36,41)(H2,37,38,42). The molecule has 3 aromatic rings. The number of piperidine rings is 1. The predicted molar refractivity (Wildman–Crippen MR) is 171 cm³/mol. The SMILES string of the molecule is O=C(NCC1CC1)Nc1ccc(N2CCOCC2)cc1C(=O)NCC1CCN(C(c2ccccc2)c2ccccc2)CC1. The van der Waals surface area contributed by atoms with Gasteiger partial charge >= 0.3 is 6.03 Å². The van der Waals surface area contributed by atoms with Crippen molar-refractivity contribution >= 4 is 23.3 Å².